The monoisotopic (exact) mass is 267 g/mol. The second-order valence-corrected chi connectivity index (χ2v) is 5.97. The van der Waals surface area contributed by atoms with Crippen molar-refractivity contribution in [3.8, 4) is 0 Å². The molecule has 5 nitrogen and oxygen atoms in total. The van der Waals surface area contributed by atoms with Gasteiger partial charge in [0.25, 0.3) is 0 Å². The molecule has 1 aliphatic rings. The maximum Gasteiger partial charge on any atom is 0.315 e. The molecule has 1 aliphatic heterocycles. The van der Waals surface area contributed by atoms with Crippen LogP contribution in [0.1, 0.15) is 28.3 Å². The Morgan fingerprint density at radius 3 is 2.78 bits per heavy atom. The van der Waals surface area contributed by atoms with E-state index in [4.69, 9.17) is 0 Å². The fourth-order valence-corrected chi connectivity index (χ4v) is 3.11. The van der Waals surface area contributed by atoms with Crippen molar-refractivity contribution >= 4 is 23.3 Å². The molecule has 0 aliphatic carbocycles. The van der Waals surface area contributed by atoms with Crippen LogP contribution in [0.3, 0.4) is 0 Å². The summed E-state index contributed by atoms with van der Waals surface area (Å²) in [6.45, 7) is 6.40. The molecular weight excluding hydrogens is 250 g/mol. The normalized spacial score (nSPS) is 20.2. The SMILES string of the molecule is Cc1cc([C@H](C)NC(=O)[C@@H]2CNC(=O)N2)c(C)s1. The maximum absolute atomic E-state index is 11.9. The van der Waals surface area contributed by atoms with Crippen molar-refractivity contribution in [2.45, 2.75) is 32.9 Å². The third-order valence-electron chi connectivity index (χ3n) is 2.99. The highest BCUT2D eigenvalue weighted by molar-refractivity contribution is 7.12. The molecule has 0 aromatic carbocycles. The number of rotatable bonds is 3. The Balaban J connectivity index is 1.99. The van der Waals surface area contributed by atoms with Gasteiger partial charge >= 0.3 is 6.03 Å². The second-order valence-electron chi connectivity index (χ2n) is 4.51. The minimum atomic E-state index is -0.472. The molecule has 1 aromatic rings. The quantitative estimate of drug-likeness (QED) is 0.770. The van der Waals surface area contributed by atoms with E-state index in [2.05, 4.69) is 35.9 Å². The van der Waals surface area contributed by atoms with E-state index in [-0.39, 0.29) is 18.0 Å². The van der Waals surface area contributed by atoms with Gasteiger partial charge in [0.1, 0.15) is 6.04 Å². The van der Waals surface area contributed by atoms with Gasteiger partial charge in [0.15, 0.2) is 0 Å². The number of amides is 3. The molecule has 0 radical (unpaired) electrons. The minimum Gasteiger partial charge on any atom is -0.348 e. The molecule has 98 valence electrons. The summed E-state index contributed by atoms with van der Waals surface area (Å²) in [5.74, 6) is -0.149. The highest BCUT2D eigenvalue weighted by atomic mass is 32.1. The van der Waals surface area contributed by atoms with E-state index in [0.717, 1.165) is 5.56 Å². The summed E-state index contributed by atoms with van der Waals surface area (Å²) in [4.78, 5) is 25.4. The van der Waals surface area contributed by atoms with Crippen LogP contribution in [0.4, 0.5) is 4.79 Å². The molecule has 3 amide bonds. The van der Waals surface area contributed by atoms with Crippen LogP contribution < -0.4 is 16.0 Å². The fourth-order valence-electron chi connectivity index (χ4n) is 2.09. The van der Waals surface area contributed by atoms with Gasteiger partial charge in [-0.3, -0.25) is 4.79 Å². The van der Waals surface area contributed by atoms with Gasteiger partial charge in [0, 0.05) is 16.3 Å². The van der Waals surface area contributed by atoms with E-state index in [1.807, 2.05) is 6.92 Å². The summed E-state index contributed by atoms with van der Waals surface area (Å²) < 4.78 is 0. The Hall–Kier alpha value is -1.56. The van der Waals surface area contributed by atoms with Gasteiger partial charge in [0.05, 0.1) is 6.04 Å². The lowest BCUT2D eigenvalue weighted by molar-refractivity contribution is -0.123. The fraction of sp³-hybridized carbons (Fsp3) is 0.500. The molecule has 18 heavy (non-hydrogen) atoms. The van der Waals surface area contributed by atoms with Gasteiger partial charge in [-0.1, -0.05) is 0 Å². The van der Waals surface area contributed by atoms with Crippen LogP contribution in [0.15, 0.2) is 6.07 Å². The molecule has 1 aromatic heterocycles. The highest BCUT2D eigenvalue weighted by Crippen LogP contribution is 2.26. The number of hydrogen-bond acceptors (Lipinski definition) is 3. The van der Waals surface area contributed by atoms with E-state index >= 15 is 0 Å². The summed E-state index contributed by atoms with van der Waals surface area (Å²) in [5.41, 5.74) is 1.14. The van der Waals surface area contributed by atoms with E-state index < -0.39 is 6.04 Å². The summed E-state index contributed by atoms with van der Waals surface area (Å²) in [6, 6.07) is 1.29. The average Bonchev–Trinajstić information content (AvgIpc) is 2.84. The van der Waals surface area contributed by atoms with Crippen molar-refractivity contribution in [2.24, 2.45) is 0 Å². The first-order chi connectivity index (χ1) is 8.47. The predicted octanol–water partition coefficient (Wildman–Crippen LogP) is 1.22. The van der Waals surface area contributed by atoms with Gasteiger partial charge < -0.3 is 16.0 Å². The Kier molecular flexibility index (Phi) is 3.56. The van der Waals surface area contributed by atoms with Gasteiger partial charge in [0.2, 0.25) is 5.91 Å². The number of carbonyl (C=O) groups is 2. The maximum atomic E-state index is 11.9. The van der Waals surface area contributed by atoms with Crippen molar-refractivity contribution in [3.05, 3.63) is 21.4 Å². The molecule has 6 heteroatoms. The topological polar surface area (TPSA) is 70.2 Å². The Labute approximate surface area is 110 Å². The first kappa shape index (κ1) is 12.9. The zero-order valence-electron chi connectivity index (χ0n) is 10.7. The zero-order valence-corrected chi connectivity index (χ0v) is 11.5. The first-order valence-corrected chi connectivity index (χ1v) is 6.70. The summed E-state index contributed by atoms with van der Waals surface area (Å²) in [5, 5.41) is 8.07. The number of hydrogen-bond donors (Lipinski definition) is 3. The number of aryl methyl sites for hydroxylation is 2. The van der Waals surface area contributed by atoms with Crippen LogP contribution in [-0.2, 0) is 4.79 Å². The molecule has 2 heterocycles. The lowest BCUT2D eigenvalue weighted by atomic mass is 10.1. The summed E-state index contributed by atoms with van der Waals surface area (Å²) in [6.07, 6.45) is 0. The minimum absolute atomic E-state index is 0.0417. The summed E-state index contributed by atoms with van der Waals surface area (Å²) in [7, 11) is 0. The largest absolute Gasteiger partial charge is 0.348 e. The second kappa shape index (κ2) is 4.97. The van der Waals surface area contributed by atoms with Crippen LogP contribution in [0.5, 0.6) is 0 Å². The van der Waals surface area contributed by atoms with Gasteiger partial charge in [-0.25, -0.2) is 4.79 Å². The Bertz CT molecular complexity index is 484. The molecule has 1 fully saturated rings. The van der Waals surface area contributed by atoms with E-state index in [0.29, 0.717) is 6.54 Å². The zero-order chi connectivity index (χ0) is 13.3. The lowest BCUT2D eigenvalue weighted by Crippen LogP contribution is -2.43. The molecule has 2 atom stereocenters. The molecule has 0 bridgehead atoms. The molecule has 2 rings (SSSR count). The van der Waals surface area contributed by atoms with Crippen molar-refractivity contribution in [2.75, 3.05) is 6.54 Å². The standard InChI is InChI=1S/C12H17N3O2S/c1-6-4-9(8(3)18-6)7(2)14-11(16)10-5-13-12(17)15-10/h4,7,10H,5H2,1-3H3,(H,14,16)(H2,13,15,17)/t7-,10-/m0/s1. The molecule has 3 N–H and O–H groups in total. The van der Waals surface area contributed by atoms with Gasteiger partial charge in [-0.2, -0.15) is 0 Å². The van der Waals surface area contributed by atoms with Crippen molar-refractivity contribution in [1.29, 1.82) is 0 Å². The van der Waals surface area contributed by atoms with Crippen LogP contribution in [-0.4, -0.2) is 24.5 Å². The third kappa shape index (κ3) is 2.64. The smallest absolute Gasteiger partial charge is 0.315 e. The number of carbonyl (C=O) groups excluding carboxylic acids is 2. The van der Waals surface area contributed by atoms with Crippen molar-refractivity contribution in [1.82, 2.24) is 16.0 Å². The number of urea groups is 1. The van der Waals surface area contributed by atoms with Crippen molar-refractivity contribution in [3.63, 3.8) is 0 Å². The molecule has 0 unspecified atom stereocenters. The molecule has 0 saturated carbocycles. The average molecular weight is 267 g/mol. The third-order valence-corrected chi connectivity index (χ3v) is 3.97. The Morgan fingerprint density at radius 1 is 1.56 bits per heavy atom. The van der Waals surface area contributed by atoms with E-state index in [1.54, 1.807) is 11.3 Å². The van der Waals surface area contributed by atoms with E-state index in [9.17, 15) is 9.59 Å². The highest BCUT2D eigenvalue weighted by Gasteiger charge is 2.27. The van der Waals surface area contributed by atoms with Crippen molar-refractivity contribution < 1.29 is 9.59 Å². The number of nitrogens with one attached hydrogen (secondary N) is 3. The first-order valence-electron chi connectivity index (χ1n) is 5.89. The van der Waals surface area contributed by atoms with Gasteiger partial charge in [-0.15, -0.1) is 11.3 Å². The van der Waals surface area contributed by atoms with Crippen LogP contribution in [0.2, 0.25) is 0 Å². The lowest BCUT2D eigenvalue weighted by Gasteiger charge is -2.16. The molecular formula is C12H17N3O2S. The summed E-state index contributed by atoms with van der Waals surface area (Å²) >= 11 is 1.72. The van der Waals surface area contributed by atoms with Gasteiger partial charge in [-0.05, 0) is 32.4 Å². The van der Waals surface area contributed by atoms with Crippen LogP contribution >= 0.6 is 11.3 Å². The number of thiophene rings is 1. The van der Waals surface area contributed by atoms with Crippen LogP contribution in [0.25, 0.3) is 0 Å². The Morgan fingerprint density at radius 2 is 2.28 bits per heavy atom. The van der Waals surface area contributed by atoms with E-state index in [1.165, 1.54) is 9.75 Å². The molecule has 0 spiro atoms. The van der Waals surface area contributed by atoms with Crippen LogP contribution in [0, 0.1) is 13.8 Å². The molecule has 1 saturated heterocycles. The predicted molar refractivity (Wildman–Crippen MR) is 70.7 cm³/mol.